The quantitative estimate of drug-likeness (QED) is 0.635. The van der Waals surface area contributed by atoms with Gasteiger partial charge in [-0.2, -0.15) is 0 Å². The zero-order chi connectivity index (χ0) is 19.8. The third-order valence-electron chi connectivity index (χ3n) is 5.14. The van der Waals surface area contributed by atoms with Gasteiger partial charge in [-0.3, -0.25) is 4.79 Å². The molecule has 1 aromatic heterocycles. The Balaban J connectivity index is 1.33. The van der Waals surface area contributed by atoms with Crippen LogP contribution < -0.4 is 25.8 Å². The highest BCUT2D eigenvalue weighted by Crippen LogP contribution is 2.40. The van der Waals surface area contributed by atoms with E-state index in [1.807, 2.05) is 30.3 Å². The minimum atomic E-state index is -0.240. The Morgan fingerprint density at radius 3 is 2.62 bits per heavy atom. The highest BCUT2D eigenvalue weighted by atomic mass is 16.7. The van der Waals surface area contributed by atoms with E-state index in [2.05, 4.69) is 27.8 Å². The molecule has 5 rings (SSSR count). The van der Waals surface area contributed by atoms with Gasteiger partial charge in [0, 0.05) is 17.8 Å². The number of ether oxygens (including phenoxy) is 2. The van der Waals surface area contributed by atoms with Crippen molar-refractivity contribution in [2.45, 2.75) is 18.9 Å². The Bertz CT molecular complexity index is 1070. The van der Waals surface area contributed by atoms with Crippen molar-refractivity contribution in [2.75, 3.05) is 17.8 Å². The monoisotopic (exact) mass is 388 g/mol. The van der Waals surface area contributed by atoms with Gasteiger partial charge < -0.3 is 25.8 Å². The molecule has 29 heavy (non-hydrogen) atoms. The van der Waals surface area contributed by atoms with Crippen molar-refractivity contribution in [3.8, 4) is 11.5 Å². The summed E-state index contributed by atoms with van der Waals surface area (Å²) < 4.78 is 10.9. The fraction of sp³-hybridized carbons (Fsp3) is 0.182. The lowest BCUT2D eigenvalue weighted by atomic mass is 10.1. The molecule has 0 radical (unpaired) electrons. The number of rotatable bonds is 4. The Kier molecular flexibility index (Phi) is 4.20. The molecule has 0 spiro atoms. The van der Waals surface area contributed by atoms with Crippen molar-refractivity contribution in [1.82, 2.24) is 10.3 Å². The second kappa shape index (κ2) is 7.01. The number of carbonyl (C=O) groups excluding carboxylic acids is 1. The zero-order valence-electron chi connectivity index (χ0n) is 15.6. The molecule has 0 unspecified atom stereocenters. The Morgan fingerprint density at radius 1 is 1.03 bits per heavy atom. The topological polar surface area (TPSA) is 98.5 Å². The number of pyridine rings is 1. The van der Waals surface area contributed by atoms with Crippen LogP contribution in [0.3, 0.4) is 0 Å². The fourth-order valence-corrected chi connectivity index (χ4v) is 3.84. The van der Waals surface area contributed by atoms with Crippen molar-refractivity contribution >= 4 is 23.1 Å². The third kappa shape index (κ3) is 3.42. The third-order valence-corrected chi connectivity index (χ3v) is 5.14. The summed E-state index contributed by atoms with van der Waals surface area (Å²) in [7, 11) is 0. The summed E-state index contributed by atoms with van der Waals surface area (Å²) in [5.74, 6) is 1.34. The van der Waals surface area contributed by atoms with Crippen LogP contribution in [-0.4, -0.2) is 23.7 Å². The molecule has 0 fully saturated rings. The molecule has 3 aromatic rings. The van der Waals surface area contributed by atoms with Gasteiger partial charge in [0.15, 0.2) is 11.5 Å². The average Bonchev–Trinajstić information content (AvgIpc) is 3.34. The average molecular weight is 388 g/mol. The zero-order valence-corrected chi connectivity index (χ0v) is 15.6. The van der Waals surface area contributed by atoms with Crippen molar-refractivity contribution in [3.05, 3.63) is 71.4 Å². The first-order chi connectivity index (χ1) is 14.2. The normalized spacial score (nSPS) is 14.5. The number of amides is 1. The van der Waals surface area contributed by atoms with Crippen LogP contribution in [0, 0.1) is 0 Å². The number of carbonyl (C=O) groups is 1. The minimum absolute atomic E-state index is 0.0579. The summed E-state index contributed by atoms with van der Waals surface area (Å²) in [6.07, 6.45) is 1.64. The van der Waals surface area contributed by atoms with E-state index in [1.54, 1.807) is 12.1 Å². The largest absolute Gasteiger partial charge is 0.454 e. The van der Waals surface area contributed by atoms with Gasteiger partial charge in [-0.25, -0.2) is 4.98 Å². The van der Waals surface area contributed by atoms with Crippen molar-refractivity contribution in [2.24, 2.45) is 0 Å². The van der Waals surface area contributed by atoms with Crippen LogP contribution >= 0.6 is 0 Å². The van der Waals surface area contributed by atoms with Crippen LogP contribution in [0.1, 0.15) is 21.6 Å². The van der Waals surface area contributed by atoms with Crippen LogP contribution in [0.5, 0.6) is 11.5 Å². The molecule has 2 aromatic carbocycles. The molecule has 1 aliphatic heterocycles. The molecule has 146 valence electrons. The van der Waals surface area contributed by atoms with Gasteiger partial charge in [-0.05, 0) is 42.2 Å². The highest BCUT2D eigenvalue weighted by molar-refractivity contribution is 5.94. The second-order valence-corrected chi connectivity index (χ2v) is 7.18. The standard InChI is InChI=1S/C22H20N4O3/c23-20-11-16(24-17-6-3-7-19-21(17)29-12-28-19)10-18(26-20)22(27)25-15-8-13-4-1-2-5-14(13)9-15/h1-7,10-11,15H,8-9,12H2,(H,25,27)(H3,23,24,26). The van der Waals surface area contributed by atoms with Crippen LogP contribution in [0.4, 0.5) is 17.2 Å². The first-order valence-electron chi connectivity index (χ1n) is 9.46. The number of benzene rings is 2. The molecule has 4 N–H and O–H groups in total. The summed E-state index contributed by atoms with van der Waals surface area (Å²) in [5, 5.41) is 6.32. The van der Waals surface area contributed by atoms with Gasteiger partial charge in [0.25, 0.3) is 5.91 Å². The van der Waals surface area contributed by atoms with Gasteiger partial charge in [0.05, 0.1) is 5.69 Å². The van der Waals surface area contributed by atoms with Crippen LogP contribution in [-0.2, 0) is 12.8 Å². The minimum Gasteiger partial charge on any atom is -0.454 e. The molecular formula is C22H20N4O3. The molecule has 7 nitrogen and oxygen atoms in total. The summed E-state index contributed by atoms with van der Waals surface area (Å²) in [6.45, 7) is 0.184. The lowest BCUT2D eigenvalue weighted by molar-refractivity contribution is 0.0933. The number of hydrogen-bond donors (Lipinski definition) is 3. The Labute approximate surface area is 167 Å². The van der Waals surface area contributed by atoms with E-state index >= 15 is 0 Å². The molecule has 0 saturated heterocycles. The molecule has 1 amide bonds. The Morgan fingerprint density at radius 2 is 1.83 bits per heavy atom. The number of anilines is 3. The lowest BCUT2D eigenvalue weighted by Gasteiger charge is -2.14. The smallest absolute Gasteiger partial charge is 0.270 e. The number of nitrogens with two attached hydrogens (primary N) is 1. The second-order valence-electron chi connectivity index (χ2n) is 7.18. The summed E-state index contributed by atoms with van der Waals surface area (Å²) in [5.41, 5.74) is 10.2. The molecule has 2 aliphatic rings. The van der Waals surface area contributed by atoms with Gasteiger partial charge in [0.2, 0.25) is 6.79 Å². The molecule has 1 aliphatic carbocycles. The van der Waals surface area contributed by atoms with Crippen LogP contribution in [0.15, 0.2) is 54.6 Å². The number of hydrogen-bond acceptors (Lipinski definition) is 6. The number of nitrogen functional groups attached to an aromatic ring is 1. The van der Waals surface area contributed by atoms with Gasteiger partial charge in [-0.15, -0.1) is 0 Å². The predicted octanol–water partition coefficient (Wildman–Crippen LogP) is 3.03. The number of para-hydroxylation sites is 1. The number of aromatic nitrogens is 1. The molecule has 2 heterocycles. The van der Waals surface area contributed by atoms with E-state index in [9.17, 15) is 4.79 Å². The van der Waals surface area contributed by atoms with E-state index in [-0.39, 0.29) is 30.3 Å². The highest BCUT2D eigenvalue weighted by Gasteiger charge is 2.24. The molecule has 0 saturated carbocycles. The van der Waals surface area contributed by atoms with E-state index in [0.29, 0.717) is 17.2 Å². The number of nitrogens with zero attached hydrogens (tertiary/aromatic N) is 1. The van der Waals surface area contributed by atoms with Gasteiger partial charge in [0.1, 0.15) is 11.5 Å². The molecule has 7 heteroatoms. The fourth-order valence-electron chi connectivity index (χ4n) is 3.84. The number of fused-ring (bicyclic) bond motifs is 2. The maximum Gasteiger partial charge on any atom is 0.270 e. The number of nitrogens with one attached hydrogen (secondary N) is 2. The lowest BCUT2D eigenvalue weighted by Crippen LogP contribution is -2.35. The molecule has 0 bridgehead atoms. The van der Waals surface area contributed by atoms with E-state index in [1.165, 1.54) is 11.1 Å². The van der Waals surface area contributed by atoms with Gasteiger partial charge in [-0.1, -0.05) is 30.3 Å². The van der Waals surface area contributed by atoms with Crippen molar-refractivity contribution < 1.29 is 14.3 Å². The maximum atomic E-state index is 12.8. The van der Waals surface area contributed by atoms with E-state index in [0.717, 1.165) is 18.5 Å². The predicted molar refractivity (Wildman–Crippen MR) is 110 cm³/mol. The SMILES string of the molecule is Nc1cc(Nc2cccc3c2OCO3)cc(C(=O)NC2Cc3ccccc3C2)n1. The van der Waals surface area contributed by atoms with E-state index in [4.69, 9.17) is 15.2 Å². The van der Waals surface area contributed by atoms with E-state index < -0.39 is 0 Å². The van der Waals surface area contributed by atoms with Crippen molar-refractivity contribution in [1.29, 1.82) is 0 Å². The summed E-state index contributed by atoms with van der Waals surface area (Å²) >= 11 is 0. The molecule has 0 atom stereocenters. The molecular weight excluding hydrogens is 368 g/mol. The van der Waals surface area contributed by atoms with Gasteiger partial charge >= 0.3 is 0 Å². The summed E-state index contributed by atoms with van der Waals surface area (Å²) in [6, 6.07) is 17.3. The maximum absolute atomic E-state index is 12.8. The van der Waals surface area contributed by atoms with Crippen molar-refractivity contribution in [3.63, 3.8) is 0 Å². The first kappa shape index (κ1) is 17.4. The first-order valence-corrected chi connectivity index (χ1v) is 9.46. The Hall–Kier alpha value is -3.74. The van der Waals surface area contributed by atoms with Crippen LogP contribution in [0.25, 0.3) is 0 Å². The summed E-state index contributed by atoms with van der Waals surface area (Å²) in [4.78, 5) is 17.0. The van der Waals surface area contributed by atoms with Crippen LogP contribution in [0.2, 0.25) is 0 Å².